The van der Waals surface area contributed by atoms with E-state index >= 15 is 0 Å². The van der Waals surface area contributed by atoms with Crippen molar-refractivity contribution in [3.63, 3.8) is 0 Å². The van der Waals surface area contributed by atoms with E-state index in [-0.39, 0.29) is 0 Å². The van der Waals surface area contributed by atoms with Gasteiger partial charge in [0, 0.05) is 0 Å². The number of thioether (sulfide) groups is 2. The van der Waals surface area contributed by atoms with Gasteiger partial charge in [0.05, 0.1) is 11.7 Å². The fourth-order valence-corrected chi connectivity index (χ4v) is 7.39. The van der Waals surface area contributed by atoms with Gasteiger partial charge < -0.3 is 4.74 Å². The van der Waals surface area contributed by atoms with Gasteiger partial charge in [0.15, 0.2) is 0 Å². The second kappa shape index (κ2) is 25.4. The molecule has 204 valence electrons. The first-order valence-corrected chi connectivity index (χ1v) is 17.3. The van der Waals surface area contributed by atoms with E-state index in [1.807, 2.05) is 0 Å². The number of rotatable bonds is 26. The Bertz CT molecular complexity index is 519. The molecular weight excluding hydrogens is 464 g/mol. The van der Waals surface area contributed by atoms with E-state index in [0.717, 1.165) is 5.75 Å². The van der Waals surface area contributed by atoms with E-state index in [1.165, 1.54) is 145 Å². The molecule has 0 aromatic heterocycles. The van der Waals surface area contributed by atoms with Crippen LogP contribution in [0, 0.1) is 0 Å². The molecule has 0 bridgehead atoms. The molecule has 0 aliphatic carbocycles. The van der Waals surface area contributed by atoms with Gasteiger partial charge >= 0.3 is 0 Å². The van der Waals surface area contributed by atoms with Gasteiger partial charge in [-0.2, -0.15) is 0 Å². The number of methoxy groups -OCH3 is 1. The maximum absolute atomic E-state index is 5.38. The highest BCUT2D eigenvalue weighted by molar-refractivity contribution is 8.16. The Morgan fingerprint density at radius 3 is 1.20 bits per heavy atom. The molecule has 1 aromatic rings. The lowest BCUT2D eigenvalue weighted by Crippen LogP contribution is -1.95. The number of ether oxygens (including phenoxy) is 1. The first-order chi connectivity index (χ1) is 17.3. The Morgan fingerprint density at radius 2 is 0.857 bits per heavy atom. The molecule has 0 unspecified atom stereocenters. The van der Waals surface area contributed by atoms with E-state index in [2.05, 4.69) is 61.6 Å². The fraction of sp³-hybridized carbons (Fsp3) is 0.812. The zero-order valence-corrected chi connectivity index (χ0v) is 25.3. The molecule has 0 radical (unpaired) electrons. The lowest BCUT2D eigenvalue weighted by atomic mass is 10.1. The Balaban J connectivity index is 2.18. The lowest BCUT2D eigenvalue weighted by molar-refractivity contribution is 0.414. The van der Waals surface area contributed by atoms with E-state index in [4.69, 9.17) is 4.74 Å². The normalized spacial score (nSPS) is 11.4. The largest absolute Gasteiger partial charge is 0.497 e. The van der Waals surface area contributed by atoms with Crippen LogP contribution >= 0.6 is 23.5 Å². The minimum atomic E-state index is 0.568. The van der Waals surface area contributed by atoms with Crippen molar-refractivity contribution in [1.82, 2.24) is 0 Å². The molecule has 1 rings (SSSR count). The van der Waals surface area contributed by atoms with Gasteiger partial charge in [0.25, 0.3) is 0 Å². The summed E-state index contributed by atoms with van der Waals surface area (Å²) in [4.78, 5) is 0. The molecule has 0 heterocycles. The second-order valence-corrected chi connectivity index (χ2v) is 12.9. The summed E-state index contributed by atoms with van der Waals surface area (Å²) in [5.41, 5.74) is 1.46. The van der Waals surface area contributed by atoms with Crippen molar-refractivity contribution < 1.29 is 4.74 Å². The topological polar surface area (TPSA) is 9.23 Å². The number of hydrogen-bond donors (Lipinski definition) is 0. The first kappa shape index (κ1) is 32.7. The quantitative estimate of drug-likeness (QED) is 0.0884. The van der Waals surface area contributed by atoms with Crippen molar-refractivity contribution in [2.24, 2.45) is 0 Å². The minimum Gasteiger partial charge on any atom is -0.497 e. The number of unbranched alkanes of at least 4 members (excludes halogenated alkanes) is 18. The smallest absolute Gasteiger partial charge is 0.118 e. The molecule has 0 saturated carbocycles. The summed E-state index contributed by atoms with van der Waals surface area (Å²) >= 11 is 4.34. The summed E-state index contributed by atoms with van der Waals surface area (Å²) in [5.74, 6) is 3.54. The molecule has 3 heteroatoms. The third-order valence-corrected chi connectivity index (χ3v) is 9.94. The molecule has 0 N–H and O–H groups in total. The predicted octanol–water partition coefficient (Wildman–Crippen LogP) is 12.0. The number of hydrogen-bond acceptors (Lipinski definition) is 3. The highest BCUT2D eigenvalue weighted by Crippen LogP contribution is 2.41. The third-order valence-electron chi connectivity index (χ3n) is 6.92. The van der Waals surface area contributed by atoms with E-state index in [9.17, 15) is 0 Å². The summed E-state index contributed by atoms with van der Waals surface area (Å²) in [6, 6.07) is 8.82. The predicted molar refractivity (Wildman–Crippen MR) is 164 cm³/mol. The van der Waals surface area contributed by atoms with Crippen molar-refractivity contribution in [2.75, 3.05) is 18.6 Å². The van der Waals surface area contributed by atoms with Gasteiger partial charge in [-0.05, 0) is 42.0 Å². The molecule has 0 saturated heterocycles. The molecule has 0 aliphatic rings. The van der Waals surface area contributed by atoms with Gasteiger partial charge in [0.1, 0.15) is 5.75 Å². The highest BCUT2D eigenvalue weighted by atomic mass is 32.2. The summed E-state index contributed by atoms with van der Waals surface area (Å²) in [7, 11) is 1.76. The van der Waals surface area contributed by atoms with Crippen LogP contribution in [0.1, 0.15) is 152 Å². The van der Waals surface area contributed by atoms with Crippen molar-refractivity contribution >= 4 is 23.5 Å². The van der Waals surface area contributed by atoms with Gasteiger partial charge in [0.2, 0.25) is 0 Å². The van der Waals surface area contributed by atoms with E-state index < -0.39 is 0 Å². The van der Waals surface area contributed by atoms with Crippen molar-refractivity contribution in [1.29, 1.82) is 0 Å². The monoisotopic (exact) mass is 522 g/mol. The van der Waals surface area contributed by atoms with Crippen LogP contribution in [0.3, 0.4) is 0 Å². The van der Waals surface area contributed by atoms with Gasteiger partial charge in [-0.1, -0.05) is 142 Å². The zero-order valence-electron chi connectivity index (χ0n) is 23.7. The van der Waals surface area contributed by atoms with Crippen molar-refractivity contribution in [3.8, 4) is 5.75 Å². The summed E-state index contributed by atoms with van der Waals surface area (Å²) in [5, 5.41) is 0. The fourth-order valence-electron chi connectivity index (χ4n) is 4.56. The molecule has 1 nitrogen and oxygen atoms in total. The molecule has 0 spiro atoms. The Labute approximate surface area is 228 Å². The van der Waals surface area contributed by atoms with Crippen LogP contribution < -0.4 is 4.74 Å². The van der Waals surface area contributed by atoms with E-state index in [1.54, 1.807) is 7.11 Å². The molecule has 0 aliphatic heterocycles. The third kappa shape index (κ3) is 19.5. The van der Waals surface area contributed by atoms with Crippen LogP contribution in [0.25, 0.3) is 0 Å². The van der Waals surface area contributed by atoms with Crippen LogP contribution in [0.5, 0.6) is 5.75 Å². The average Bonchev–Trinajstić information content (AvgIpc) is 2.89. The maximum atomic E-state index is 5.38. The summed E-state index contributed by atoms with van der Waals surface area (Å²) in [6.07, 6.45) is 28.4. The number of benzene rings is 1. The van der Waals surface area contributed by atoms with Crippen molar-refractivity contribution in [2.45, 2.75) is 147 Å². The summed E-state index contributed by atoms with van der Waals surface area (Å²) < 4.78 is 5.95. The molecular formula is C32H58OS2. The summed E-state index contributed by atoms with van der Waals surface area (Å²) in [6.45, 7) is 4.60. The zero-order chi connectivity index (χ0) is 25.2. The lowest BCUT2D eigenvalue weighted by Gasteiger charge is -2.17. The first-order valence-electron chi connectivity index (χ1n) is 15.2. The molecule has 0 amide bonds. The van der Waals surface area contributed by atoms with Crippen LogP contribution in [0.15, 0.2) is 24.3 Å². The van der Waals surface area contributed by atoms with Crippen molar-refractivity contribution in [3.05, 3.63) is 29.8 Å². The Kier molecular flexibility index (Phi) is 23.7. The second-order valence-electron chi connectivity index (χ2n) is 10.2. The van der Waals surface area contributed by atoms with Crippen LogP contribution in [0.4, 0.5) is 0 Å². The maximum Gasteiger partial charge on any atom is 0.118 e. The van der Waals surface area contributed by atoms with Crippen LogP contribution in [0.2, 0.25) is 0 Å². The van der Waals surface area contributed by atoms with Gasteiger partial charge in [-0.3, -0.25) is 0 Å². The Hall–Kier alpha value is -0.280. The SMILES string of the molecule is CCCCCCCCCCCCSC(SCCCCCCCCCCCC)c1ccc(OC)cc1. The molecule has 0 fully saturated rings. The van der Waals surface area contributed by atoms with Gasteiger partial charge in [-0.15, -0.1) is 23.5 Å². The standard InChI is InChI=1S/C32H58OS2/c1-4-6-8-10-12-14-16-18-20-22-28-34-32(30-24-26-31(33-3)27-25-30)35-29-23-21-19-17-15-13-11-9-7-5-2/h24-27,32H,4-23,28-29H2,1-3H3. The molecule has 35 heavy (non-hydrogen) atoms. The highest BCUT2D eigenvalue weighted by Gasteiger charge is 2.12. The minimum absolute atomic E-state index is 0.568. The molecule has 1 aromatic carbocycles. The van der Waals surface area contributed by atoms with Crippen LogP contribution in [-0.4, -0.2) is 18.6 Å². The molecule has 0 atom stereocenters. The average molecular weight is 523 g/mol. The Morgan fingerprint density at radius 1 is 0.514 bits per heavy atom. The van der Waals surface area contributed by atoms with Crippen LogP contribution in [-0.2, 0) is 0 Å². The van der Waals surface area contributed by atoms with E-state index in [0.29, 0.717) is 4.58 Å². The van der Waals surface area contributed by atoms with Gasteiger partial charge in [-0.25, -0.2) is 0 Å².